The predicted octanol–water partition coefficient (Wildman–Crippen LogP) is 2.09. The highest BCUT2D eigenvalue weighted by Gasteiger charge is 2.11. The van der Waals surface area contributed by atoms with Crippen LogP contribution in [0, 0.1) is 0 Å². The van der Waals surface area contributed by atoms with Crippen LogP contribution in [0.25, 0.3) is 0 Å². The Labute approximate surface area is 102 Å². The highest BCUT2D eigenvalue weighted by atomic mass is 35.5. The average Bonchev–Trinajstić information content (AvgIpc) is 2.21. The van der Waals surface area contributed by atoms with Crippen molar-refractivity contribution in [1.29, 1.82) is 0 Å². The summed E-state index contributed by atoms with van der Waals surface area (Å²) >= 11 is 11.4. The van der Waals surface area contributed by atoms with Gasteiger partial charge in [-0.15, -0.1) is 0 Å². The van der Waals surface area contributed by atoms with Crippen molar-refractivity contribution in [2.75, 3.05) is 5.32 Å². The van der Waals surface area contributed by atoms with Crippen LogP contribution >= 0.6 is 23.2 Å². The summed E-state index contributed by atoms with van der Waals surface area (Å²) in [6.45, 7) is 1.42. The van der Waals surface area contributed by atoms with Crippen molar-refractivity contribution in [3.05, 3.63) is 16.6 Å². The summed E-state index contributed by atoms with van der Waals surface area (Å²) in [7, 11) is 0. The van der Waals surface area contributed by atoms with Crippen molar-refractivity contribution >= 4 is 40.6 Å². The van der Waals surface area contributed by atoms with Crippen LogP contribution in [0.15, 0.2) is 6.33 Å². The minimum atomic E-state index is -0.353. The molecule has 7 heteroatoms. The fraction of sp³-hybridized carbons (Fsp3) is 0.333. The van der Waals surface area contributed by atoms with E-state index in [0.717, 1.165) is 0 Å². The number of aromatic nitrogens is 2. The van der Waals surface area contributed by atoms with Gasteiger partial charge in [-0.3, -0.25) is 4.79 Å². The fourth-order valence-electron chi connectivity index (χ4n) is 0.939. The first-order valence-electron chi connectivity index (χ1n) is 4.46. The Hall–Kier alpha value is -1.20. The Kier molecular flexibility index (Phi) is 4.64. The second-order valence-electron chi connectivity index (χ2n) is 3.08. The molecule has 0 fully saturated rings. The Morgan fingerprint density at radius 3 is 2.31 bits per heavy atom. The number of nitrogens with one attached hydrogen (secondary N) is 1. The molecule has 1 aromatic rings. The third-order valence-electron chi connectivity index (χ3n) is 1.72. The third kappa shape index (κ3) is 3.75. The molecule has 0 aromatic carbocycles. The van der Waals surface area contributed by atoms with E-state index in [0.29, 0.717) is 0 Å². The van der Waals surface area contributed by atoms with E-state index in [1.54, 1.807) is 0 Å². The first-order chi connectivity index (χ1) is 7.50. The zero-order valence-electron chi connectivity index (χ0n) is 8.46. The summed E-state index contributed by atoms with van der Waals surface area (Å²) in [6, 6.07) is 0. The number of hydrogen-bond donors (Lipinski definition) is 1. The van der Waals surface area contributed by atoms with Gasteiger partial charge in [0.15, 0.2) is 10.3 Å². The molecule has 0 radical (unpaired) electrons. The van der Waals surface area contributed by atoms with E-state index in [1.807, 2.05) is 0 Å². The molecule has 0 saturated heterocycles. The SMILES string of the molecule is CC(=O)CCC(=O)Nc1c(Cl)ncnc1Cl. The summed E-state index contributed by atoms with van der Waals surface area (Å²) in [5.41, 5.74) is 0.166. The number of ketones is 1. The minimum Gasteiger partial charge on any atom is -0.321 e. The number of carbonyl (C=O) groups is 2. The lowest BCUT2D eigenvalue weighted by molar-refractivity contribution is -0.121. The van der Waals surface area contributed by atoms with Gasteiger partial charge in [-0.05, 0) is 6.92 Å². The second kappa shape index (κ2) is 5.77. The van der Waals surface area contributed by atoms with E-state index in [1.165, 1.54) is 13.3 Å². The zero-order chi connectivity index (χ0) is 12.1. The third-order valence-corrected chi connectivity index (χ3v) is 2.30. The maximum Gasteiger partial charge on any atom is 0.224 e. The van der Waals surface area contributed by atoms with Crippen LogP contribution in [0.2, 0.25) is 10.3 Å². The topological polar surface area (TPSA) is 72.0 Å². The number of anilines is 1. The highest BCUT2D eigenvalue weighted by molar-refractivity contribution is 6.38. The summed E-state index contributed by atoms with van der Waals surface area (Å²) in [6.07, 6.45) is 1.45. The number of carbonyl (C=O) groups excluding carboxylic acids is 2. The Morgan fingerprint density at radius 2 is 1.81 bits per heavy atom. The Balaban J connectivity index is 2.66. The Morgan fingerprint density at radius 1 is 1.25 bits per heavy atom. The molecule has 0 atom stereocenters. The standard InChI is InChI=1S/C9H9Cl2N3O2/c1-5(15)2-3-6(16)14-7-8(10)12-4-13-9(7)11/h4H,2-3H2,1H3,(H,14,16). The number of nitrogens with zero attached hydrogens (tertiary/aromatic N) is 2. The second-order valence-corrected chi connectivity index (χ2v) is 3.80. The van der Waals surface area contributed by atoms with E-state index in [-0.39, 0.29) is 40.5 Å². The molecule has 0 saturated carbocycles. The predicted molar refractivity (Wildman–Crippen MR) is 60.6 cm³/mol. The maximum atomic E-state index is 11.4. The van der Waals surface area contributed by atoms with Crippen molar-refractivity contribution in [3.63, 3.8) is 0 Å². The lowest BCUT2D eigenvalue weighted by Gasteiger charge is -2.06. The van der Waals surface area contributed by atoms with Gasteiger partial charge < -0.3 is 10.1 Å². The van der Waals surface area contributed by atoms with Crippen molar-refractivity contribution in [3.8, 4) is 0 Å². The molecule has 0 aliphatic carbocycles. The molecule has 1 N–H and O–H groups in total. The summed E-state index contributed by atoms with van der Waals surface area (Å²) in [5.74, 6) is -0.412. The van der Waals surface area contributed by atoms with Crippen molar-refractivity contribution in [2.24, 2.45) is 0 Å². The monoisotopic (exact) mass is 261 g/mol. The Bertz CT molecular complexity index is 403. The maximum absolute atomic E-state index is 11.4. The van der Waals surface area contributed by atoms with Crippen LogP contribution in [-0.4, -0.2) is 21.7 Å². The van der Waals surface area contributed by atoms with E-state index >= 15 is 0 Å². The van der Waals surface area contributed by atoms with Gasteiger partial charge in [0.25, 0.3) is 0 Å². The molecule has 0 unspecified atom stereocenters. The normalized spacial score (nSPS) is 9.94. The largest absolute Gasteiger partial charge is 0.321 e. The van der Waals surface area contributed by atoms with E-state index < -0.39 is 0 Å². The summed E-state index contributed by atoms with van der Waals surface area (Å²) in [4.78, 5) is 29.4. The first-order valence-corrected chi connectivity index (χ1v) is 5.21. The molecular formula is C9H9Cl2N3O2. The molecule has 1 aromatic heterocycles. The molecule has 16 heavy (non-hydrogen) atoms. The molecular weight excluding hydrogens is 253 g/mol. The number of amides is 1. The number of halogens is 2. The summed E-state index contributed by atoms with van der Waals surface area (Å²) < 4.78 is 0. The first kappa shape index (κ1) is 12.9. The quantitative estimate of drug-likeness (QED) is 0.843. The van der Waals surface area contributed by atoms with Crippen LogP contribution in [0.5, 0.6) is 0 Å². The summed E-state index contributed by atoms with van der Waals surface area (Å²) in [5, 5.41) is 2.59. The molecule has 1 amide bonds. The fourth-order valence-corrected chi connectivity index (χ4v) is 1.35. The number of hydrogen-bond acceptors (Lipinski definition) is 4. The van der Waals surface area contributed by atoms with Crippen molar-refractivity contribution in [1.82, 2.24) is 9.97 Å². The van der Waals surface area contributed by atoms with Crippen LogP contribution < -0.4 is 5.32 Å². The molecule has 0 spiro atoms. The van der Waals surface area contributed by atoms with Gasteiger partial charge in [-0.2, -0.15) is 0 Å². The molecule has 86 valence electrons. The van der Waals surface area contributed by atoms with E-state index in [2.05, 4.69) is 15.3 Å². The van der Waals surface area contributed by atoms with E-state index in [4.69, 9.17) is 23.2 Å². The van der Waals surface area contributed by atoms with Gasteiger partial charge in [-0.25, -0.2) is 9.97 Å². The molecule has 0 aliphatic rings. The smallest absolute Gasteiger partial charge is 0.224 e. The van der Waals surface area contributed by atoms with Crippen molar-refractivity contribution in [2.45, 2.75) is 19.8 Å². The molecule has 1 rings (SSSR count). The van der Waals surface area contributed by atoms with Crippen LogP contribution in [0.4, 0.5) is 5.69 Å². The van der Waals surface area contributed by atoms with Gasteiger partial charge in [-0.1, -0.05) is 23.2 Å². The molecule has 0 bridgehead atoms. The van der Waals surface area contributed by atoms with Gasteiger partial charge >= 0.3 is 0 Å². The van der Waals surface area contributed by atoms with Crippen molar-refractivity contribution < 1.29 is 9.59 Å². The van der Waals surface area contributed by atoms with Gasteiger partial charge in [0, 0.05) is 12.8 Å². The van der Waals surface area contributed by atoms with Gasteiger partial charge in [0.05, 0.1) is 0 Å². The molecule has 0 aliphatic heterocycles. The van der Waals surface area contributed by atoms with Crippen LogP contribution in [0.3, 0.4) is 0 Å². The van der Waals surface area contributed by atoms with Gasteiger partial charge in [0.1, 0.15) is 17.8 Å². The lowest BCUT2D eigenvalue weighted by atomic mass is 10.2. The minimum absolute atomic E-state index is 0.0587. The molecule has 1 heterocycles. The highest BCUT2D eigenvalue weighted by Crippen LogP contribution is 2.25. The number of rotatable bonds is 4. The lowest BCUT2D eigenvalue weighted by Crippen LogP contribution is -2.13. The average molecular weight is 262 g/mol. The van der Waals surface area contributed by atoms with E-state index in [9.17, 15) is 9.59 Å². The van der Waals surface area contributed by atoms with Crippen LogP contribution in [0.1, 0.15) is 19.8 Å². The van der Waals surface area contributed by atoms with Gasteiger partial charge in [0.2, 0.25) is 5.91 Å². The number of Topliss-reactive ketones (excluding diaryl/α,β-unsaturated/α-hetero) is 1. The zero-order valence-corrected chi connectivity index (χ0v) is 9.97. The van der Waals surface area contributed by atoms with Crippen LogP contribution in [-0.2, 0) is 9.59 Å². The molecule has 5 nitrogen and oxygen atoms in total.